The highest BCUT2D eigenvalue weighted by Crippen LogP contribution is 2.41. The molecule has 8 nitrogen and oxygen atoms in total. The van der Waals surface area contributed by atoms with Crippen LogP contribution in [-0.2, 0) is 14.4 Å². The summed E-state index contributed by atoms with van der Waals surface area (Å²) in [5, 5.41) is 11.1. The summed E-state index contributed by atoms with van der Waals surface area (Å²) >= 11 is 0. The van der Waals surface area contributed by atoms with Gasteiger partial charge in [-0.25, -0.2) is 0 Å². The van der Waals surface area contributed by atoms with E-state index in [0.717, 1.165) is 6.42 Å². The molecule has 1 saturated heterocycles. The smallest absolute Gasteiger partial charge is 0.308 e. The maximum absolute atomic E-state index is 13.0. The normalized spacial score (nSPS) is 18.8. The largest absolute Gasteiger partial charge is 0.507 e. The molecule has 1 unspecified atom stereocenters. The number of fused-ring (bicyclic) bond motifs is 1. The third-order valence-corrected chi connectivity index (χ3v) is 5.40. The van der Waals surface area contributed by atoms with Crippen LogP contribution in [0.4, 0.5) is 0 Å². The summed E-state index contributed by atoms with van der Waals surface area (Å²) in [6.07, 6.45) is 1.54. The summed E-state index contributed by atoms with van der Waals surface area (Å²) in [5.74, 6) is -0.786. The molecule has 0 aromatic heterocycles. The second-order valence-corrected chi connectivity index (χ2v) is 7.58. The molecule has 2 aliphatic heterocycles. The lowest BCUT2D eigenvalue weighted by Gasteiger charge is -2.25. The Labute approximate surface area is 185 Å². The summed E-state index contributed by atoms with van der Waals surface area (Å²) in [6.45, 7) is 3.75. The van der Waals surface area contributed by atoms with Crippen molar-refractivity contribution in [2.75, 3.05) is 13.3 Å². The van der Waals surface area contributed by atoms with Crippen LogP contribution in [0.5, 0.6) is 17.2 Å². The summed E-state index contributed by atoms with van der Waals surface area (Å²) in [7, 11) is 0. The van der Waals surface area contributed by atoms with Crippen LogP contribution in [0.25, 0.3) is 5.76 Å². The van der Waals surface area contributed by atoms with Gasteiger partial charge in [0.25, 0.3) is 11.7 Å². The maximum atomic E-state index is 13.0. The number of aliphatic hydroxyl groups excluding tert-OH is 1. The molecule has 0 saturated carbocycles. The molecule has 32 heavy (non-hydrogen) atoms. The Kier molecular flexibility index (Phi) is 5.85. The number of hydrogen-bond acceptors (Lipinski definition) is 7. The third kappa shape index (κ3) is 3.91. The van der Waals surface area contributed by atoms with Crippen molar-refractivity contribution >= 4 is 23.4 Å². The molecule has 4 rings (SSSR count). The molecule has 0 bridgehead atoms. The Balaban J connectivity index is 1.79. The van der Waals surface area contributed by atoms with Crippen LogP contribution in [0.15, 0.2) is 48.0 Å². The molecule has 2 heterocycles. The number of amides is 1. The van der Waals surface area contributed by atoms with E-state index in [0.29, 0.717) is 41.3 Å². The minimum absolute atomic E-state index is 0.00482. The maximum Gasteiger partial charge on any atom is 0.308 e. The number of unbranched alkanes of at least 4 members (excludes halogenated alkanes) is 1. The molecule has 166 valence electrons. The van der Waals surface area contributed by atoms with Crippen LogP contribution in [0.1, 0.15) is 43.9 Å². The van der Waals surface area contributed by atoms with Crippen molar-refractivity contribution in [3.8, 4) is 17.2 Å². The number of rotatable bonds is 6. The van der Waals surface area contributed by atoms with E-state index in [2.05, 4.69) is 0 Å². The zero-order valence-corrected chi connectivity index (χ0v) is 17.8. The average Bonchev–Trinajstić information content (AvgIpc) is 3.34. The van der Waals surface area contributed by atoms with Crippen LogP contribution in [0, 0.1) is 0 Å². The monoisotopic (exact) mass is 437 g/mol. The van der Waals surface area contributed by atoms with E-state index in [4.69, 9.17) is 14.2 Å². The van der Waals surface area contributed by atoms with Crippen LogP contribution >= 0.6 is 0 Å². The first-order chi connectivity index (χ1) is 15.4. The molecule has 8 heteroatoms. The van der Waals surface area contributed by atoms with Crippen molar-refractivity contribution in [3.63, 3.8) is 0 Å². The highest BCUT2D eigenvalue weighted by atomic mass is 16.7. The average molecular weight is 437 g/mol. The fourth-order valence-corrected chi connectivity index (χ4v) is 3.87. The molecule has 2 aliphatic rings. The van der Waals surface area contributed by atoms with E-state index < -0.39 is 23.7 Å². The van der Waals surface area contributed by atoms with Gasteiger partial charge in [-0.1, -0.05) is 25.5 Å². The Hall–Kier alpha value is -3.81. The predicted octanol–water partition coefficient (Wildman–Crippen LogP) is 3.56. The summed E-state index contributed by atoms with van der Waals surface area (Å²) in [6, 6.07) is 10.6. The van der Waals surface area contributed by atoms with Crippen LogP contribution in [0.3, 0.4) is 0 Å². The lowest BCUT2D eigenvalue weighted by Crippen LogP contribution is -2.30. The van der Waals surface area contributed by atoms with Crippen molar-refractivity contribution in [2.45, 2.75) is 32.7 Å². The first kappa shape index (κ1) is 21.4. The Bertz CT molecular complexity index is 1100. The number of likely N-dealkylation sites (tertiary alicyclic amines) is 1. The van der Waals surface area contributed by atoms with Gasteiger partial charge in [-0.2, -0.15) is 0 Å². The van der Waals surface area contributed by atoms with Crippen molar-refractivity contribution in [1.82, 2.24) is 4.90 Å². The number of nitrogens with zero attached hydrogens (tertiary/aromatic N) is 1. The highest BCUT2D eigenvalue weighted by Gasteiger charge is 2.45. The van der Waals surface area contributed by atoms with Crippen molar-refractivity contribution in [3.05, 3.63) is 59.2 Å². The van der Waals surface area contributed by atoms with E-state index in [9.17, 15) is 19.5 Å². The molecule has 2 aromatic rings. The number of ketones is 1. The lowest BCUT2D eigenvalue weighted by atomic mass is 9.95. The van der Waals surface area contributed by atoms with Gasteiger partial charge < -0.3 is 24.2 Å². The van der Waals surface area contributed by atoms with Gasteiger partial charge >= 0.3 is 5.97 Å². The molecule has 1 atom stereocenters. The second kappa shape index (κ2) is 8.74. The van der Waals surface area contributed by atoms with E-state index in [1.807, 2.05) is 6.92 Å². The van der Waals surface area contributed by atoms with Crippen molar-refractivity contribution < 1.29 is 33.7 Å². The number of esters is 1. The quantitative estimate of drug-likeness (QED) is 0.242. The molecule has 2 aromatic carbocycles. The fraction of sp³-hybridized carbons (Fsp3) is 0.292. The van der Waals surface area contributed by atoms with Gasteiger partial charge in [0.05, 0.1) is 11.6 Å². The van der Waals surface area contributed by atoms with Gasteiger partial charge in [0.2, 0.25) is 6.79 Å². The van der Waals surface area contributed by atoms with Crippen molar-refractivity contribution in [1.29, 1.82) is 0 Å². The van der Waals surface area contributed by atoms with Gasteiger partial charge in [-0.3, -0.25) is 14.4 Å². The summed E-state index contributed by atoms with van der Waals surface area (Å²) < 4.78 is 15.8. The Morgan fingerprint density at radius 3 is 2.53 bits per heavy atom. The predicted molar refractivity (Wildman–Crippen MR) is 114 cm³/mol. The number of carbonyl (C=O) groups is 3. The van der Waals surface area contributed by atoms with E-state index in [-0.39, 0.29) is 18.1 Å². The number of ether oxygens (including phenoxy) is 3. The Morgan fingerprint density at radius 1 is 1.12 bits per heavy atom. The first-order valence-corrected chi connectivity index (χ1v) is 10.4. The molecule has 0 aliphatic carbocycles. The molecule has 0 spiro atoms. The molecular formula is C24H23NO7. The topological polar surface area (TPSA) is 102 Å². The van der Waals surface area contributed by atoms with E-state index in [1.54, 1.807) is 42.5 Å². The third-order valence-electron chi connectivity index (χ3n) is 5.40. The second-order valence-electron chi connectivity index (χ2n) is 7.58. The van der Waals surface area contributed by atoms with Crippen LogP contribution < -0.4 is 14.2 Å². The van der Waals surface area contributed by atoms with E-state index >= 15 is 0 Å². The van der Waals surface area contributed by atoms with Gasteiger partial charge in [-0.05, 0) is 42.3 Å². The molecule has 1 amide bonds. The van der Waals surface area contributed by atoms with Crippen LogP contribution in [0.2, 0.25) is 0 Å². The molecule has 1 fully saturated rings. The summed E-state index contributed by atoms with van der Waals surface area (Å²) in [5.41, 5.74) is 0.980. The Morgan fingerprint density at radius 2 is 1.84 bits per heavy atom. The highest BCUT2D eigenvalue weighted by molar-refractivity contribution is 6.46. The molecule has 1 N–H and O–H groups in total. The van der Waals surface area contributed by atoms with Gasteiger partial charge in [-0.15, -0.1) is 0 Å². The van der Waals surface area contributed by atoms with Crippen molar-refractivity contribution in [2.24, 2.45) is 0 Å². The number of benzene rings is 2. The van der Waals surface area contributed by atoms with Crippen LogP contribution in [-0.4, -0.2) is 41.0 Å². The van der Waals surface area contributed by atoms with Gasteiger partial charge in [0.15, 0.2) is 11.5 Å². The minimum atomic E-state index is -0.765. The number of hydrogen-bond donors (Lipinski definition) is 1. The van der Waals surface area contributed by atoms with Gasteiger partial charge in [0.1, 0.15) is 11.5 Å². The zero-order valence-electron chi connectivity index (χ0n) is 17.8. The number of Topliss-reactive ketones (excluding diaryl/α,β-unsaturated/α-hetero) is 1. The number of carbonyl (C=O) groups excluding carboxylic acids is 3. The lowest BCUT2D eigenvalue weighted by molar-refractivity contribution is -0.139. The molecular weight excluding hydrogens is 414 g/mol. The first-order valence-electron chi connectivity index (χ1n) is 10.4. The fourth-order valence-electron chi connectivity index (χ4n) is 3.87. The van der Waals surface area contributed by atoms with Gasteiger partial charge in [0, 0.05) is 19.0 Å². The minimum Gasteiger partial charge on any atom is -0.507 e. The standard InChI is InChI=1S/C24H23NO7/c1-3-4-11-25-21(15-5-8-17(9-6-15)32-14(2)26)20(23(28)24(25)29)22(27)16-7-10-18-19(12-16)31-13-30-18/h5-10,12,21,27H,3-4,11,13H2,1-2H3/b22-20-. The summed E-state index contributed by atoms with van der Waals surface area (Å²) in [4.78, 5) is 38.5. The molecule has 0 radical (unpaired) electrons. The SMILES string of the molecule is CCCCN1C(=O)C(=O)/C(=C(\O)c2ccc3c(c2)OCO3)C1c1ccc(OC(C)=O)cc1. The zero-order chi connectivity index (χ0) is 22.8. The van der Waals surface area contributed by atoms with E-state index in [1.165, 1.54) is 11.8 Å². The number of aliphatic hydroxyl groups is 1.